The van der Waals surface area contributed by atoms with E-state index < -0.39 is 0 Å². The van der Waals surface area contributed by atoms with Gasteiger partial charge in [-0.15, -0.1) is 0 Å². The average molecular weight is 309 g/mol. The van der Waals surface area contributed by atoms with E-state index in [2.05, 4.69) is 11.0 Å². The summed E-state index contributed by atoms with van der Waals surface area (Å²) < 4.78 is 11.9. The number of ether oxygens (including phenoxy) is 1. The summed E-state index contributed by atoms with van der Waals surface area (Å²) in [7, 11) is 0. The quantitative estimate of drug-likeness (QED) is 0.720. The molecule has 0 radical (unpaired) electrons. The molecule has 4 heterocycles. The third-order valence-electron chi connectivity index (χ3n) is 4.84. The lowest BCUT2D eigenvalue weighted by atomic mass is 10.2. The highest BCUT2D eigenvalue weighted by molar-refractivity contribution is 6.05. The fourth-order valence-electron chi connectivity index (χ4n) is 3.66. The van der Waals surface area contributed by atoms with Crippen LogP contribution in [0.1, 0.15) is 37.6 Å². The second-order valence-corrected chi connectivity index (χ2v) is 6.38. The largest absolute Gasteiger partial charge is 0.450 e. The van der Waals surface area contributed by atoms with Crippen LogP contribution in [-0.2, 0) is 4.74 Å². The van der Waals surface area contributed by atoms with Crippen molar-refractivity contribution in [3.05, 3.63) is 30.1 Å². The van der Waals surface area contributed by atoms with Gasteiger partial charge in [-0.1, -0.05) is 12.1 Å². The van der Waals surface area contributed by atoms with Crippen LogP contribution in [-0.4, -0.2) is 29.7 Å². The van der Waals surface area contributed by atoms with Crippen LogP contribution in [0.25, 0.3) is 22.1 Å². The van der Waals surface area contributed by atoms with Gasteiger partial charge in [-0.3, -0.25) is 0 Å². The molecule has 0 saturated carbocycles. The monoisotopic (exact) mass is 309 g/mol. The molecule has 0 spiro atoms. The summed E-state index contributed by atoms with van der Waals surface area (Å²) in [5, 5.41) is 1.06. The lowest BCUT2D eigenvalue weighted by Gasteiger charge is -2.18. The van der Waals surface area contributed by atoms with Crippen LogP contribution in [0.5, 0.6) is 0 Å². The molecule has 0 bridgehead atoms. The number of nitrogens with zero attached hydrogens (tertiary/aromatic N) is 3. The maximum atomic E-state index is 6.11. The number of hydrogen-bond donors (Lipinski definition) is 0. The molecular formula is C18H19N3O2. The first-order valence-corrected chi connectivity index (χ1v) is 8.46. The van der Waals surface area contributed by atoms with E-state index in [1.807, 2.05) is 18.2 Å². The molecule has 5 nitrogen and oxygen atoms in total. The summed E-state index contributed by atoms with van der Waals surface area (Å²) in [4.78, 5) is 12.0. The van der Waals surface area contributed by atoms with Gasteiger partial charge in [0.15, 0.2) is 17.2 Å². The Hall–Kier alpha value is -2.14. The molecule has 5 rings (SSSR count). The predicted octanol–water partition coefficient (Wildman–Crippen LogP) is 3.83. The maximum absolute atomic E-state index is 6.11. The minimum Gasteiger partial charge on any atom is -0.450 e. The highest BCUT2D eigenvalue weighted by Crippen LogP contribution is 2.36. The van der Waals surface area contributed by atoms with E-state index in [9.17, 15) is 0 Å². The Morgan fingerprint density at radius 1 is 1.04 bits per heavy atom. The van der Waals surface area contributed by atoms with Crippen molar-refractivity contribution >= 4 is 27.9 Å². The SMILES string of the molecule is c1ccc2c(c1)oc1c(N3CCCC3)nc(C3CCCO3)nc12. The van der Waals surface area contributed by atoms with Gasteiger partial charge in [0, 0.05) is 25.1 Å². The first kappa shape index (κ1) is 13.3. The van der Waals surface area contributed by atoms with Crippen molar-refractivity contribution < 1.29 is 9.15 Å². The Morgan fingerprint density at radius 2 is 1.91 bits per heavy atom. The number of fused-ring (bicyclic) bond motifs is 3. The molecule has 0 N–H and O–H groups in total. The summed E-state index contributed by atoms with van der Waals surface area (Å²) in [5.41, 5.74) is 2.61. The summed E-state index contributed by atoms with van der Waals surface area (Å²) in [6.07, 6.45) is 4.52. The van der Waals surface area contributed by atoms with Gasteiger partial charge in [0.25, 0.3) is 0 Å². The number of para-hydroxylation sites is 1. The minimum atomic E-state index is 0.0226. The van der Waals surface area contributed by atoms with Crippen LogP contribution in [0.4, 0.5) is 5.82 Å². The van der Waals surface area contributed by atoms with Crippen molar-refractivity contribution in [1.29, 1.82) is 0 Å². The first-order valence-electron chi connectivity index (χ1n) is 8.46. The van der Waals surface area contributed by atoms with E-state index in [1.54, 1.807) is 0 Å². The molecular weight excluding hydrogens is 290 g/mol. The third-order valence-corrected chi connectivity index (χ3v) is 4.84. The van der Waals surface area contributed by atoms with E-state index in [0.717, 1.165) is 66.2 Å². The molecule has 5 heteroatoms. The zero-order valence-corrected chi connectivity index (χ0v) is 13.0. The van der Waals surface area contributed by atoms with Crippen molar-refractivity contribution in [2.45, 2.75) is 31.8 Å². The van der Waals surface area contributed by atoms with Gasteiger partial charge in [-0.05, 0) is 37.8 Å². The van der Waals surface area contributed by atoms with Gasteiger partial charge >= 0.3 is 0 Å². The summed E-state index contributed by atoms with van der Waals surface area (Å²) >= 11 is 0. The Labute approximate surface area is 134 Å². The van der Waals surface area contributed by atoms with Crippen LogP contribution < -0.4 is 4.90 Å². The standard InChI is InChI=1S/C18H19N3O2/c1-2-7-13-12(6-1)15-16(23-13)18(21-9-3-4-10-21)20-17(19-15)14-8-5-11-22-14/h1-2,6-7,14H,3-5,8-11H2. The average Bonchev–Trinajstić information content (AvgIpc) is 3.33. The van der Waals surface area contributed by atoms with Crippen molar-refractivity contribution in [1.82, 2.24) is 9.97 Å². The van der Waals surface area contributed by atoms with Crippen molar-refractivity contribution in [3.63, 3.8) is 0 Å². The van der Waals surface area contributed by atoms with E-state index in [1.165, 1.54) is 12.8 Å². The van der Waals surface area contributed by atoms with E-state index in [0.29, 0.717) is 0 Å². The Balaban J connectivity index is 1.77. The molecule has 2 saturated heterocycles. The molecule has 3 aromatic rings. The van der Waals surface area contributed by atoms with E-state index in [4.69, 9.17) is 19.1 Å². The molecule has 2 fully saturated rings. The Kier molecular flexibility index (Phi) is 3.01. The third kappa shape index (κ3) is 2.10. The molecule has 2 aliphatic rings. The van der Waals surface area contributed by atoms with Crippen LogP contribution in [0.2, 0.25) is 0 Å². The second-order valence-electron chi connectivity index (χ2n) is 6.38. The van der Waals surface area contributed by atoms with Gasteiger partial charge in [0.2, 0.25) is 0 Å². The van der Waals surface area contributed by atoms with Crippen LogP contribution in [0, 0.1) is 0 Å². The molecule has 0 amide bonds. The number of anilines is 1. The maximum Gasteiger partial charge on any atom is 0.196 e. The number of rotatable bonds is 2. The normalized spacial score (nSPS) is 21.7. The van der Waals surface area contributed by atoms with Gasteiger partial charge in [-0.25, -0.2) is 9.97 Å². The highest BCUT2D eigenvalue weighted by Gasteiger charge is 2.27. The Bertz CT molecular complexity index is 861. The van der Waals surface area contributed by atoms with E-state index in [-0.39, 0.29) is 6.10 Å². The lowest BCUT2D eigenvalue weighted by Crippen LogP contribution is -2.20. The van der Waals surface area contributed by atoms with Gasteiger partial charge in [0.1, 0.15) is 17.2 Å². The number of hydrogen-bond acceptors (Lipinski definition) is 5. The number of aromatic nitrogens is 2. The fraction of sp³-hybridized carbons (Fsp3) is 0.444. The second kappa shape index (κ2) is 5.20. The molecule has 118 valence electrons. The van der Waals surface area contributed by atoms with Crippen molar-refractivity contribution in [3.8, 4) is 0 Å². The van der Waals surface area contributed by atoms with Crippen molar-refractivity contribution in [2.75, 3.05) is 24.6 Å². The smallest absolute Gasteiger partial charge is 0.196 e. The number of benzene rings is 1. The van der Waals surface area contributed by atoms with Crippen LogP contribution in [0.3, 0.4) is 0 Å². The van der Waals surface area contributed by atoms with Crippen LogP contribution in [0.15, 0.2) is 28.7 Å². The van der Waals surface area contributed by atoms with Crippen LogP contribution >= 0.6 is 0 Å². The minimum absolute atomic E-state index is 0.0226. The summed E-state index contributed by atoms with van der Waals surface area (Å²) in [5.74, 6) is 1.75. The number of furan rings is 1. The zero-order chi connectivity index (χ0) is 15.2. The molecule has 23 heavy (non-hydrogen) atoms. The summed E-state index contributed by atoms with van der Waals surface area (Å²) in [6, 6.07) is 8.09. The molecule has 1 atom stereocenters. The molecule has 1 unspecified atom stereocenters. The van der Waals surface area contributed by atoms with Gasteiger partial charge in [0.05, 0.1) is 0 Å². The molecule has 1 aromatic carbocycles. The molecule has 0 aliphatic carbocycles. The summed E-state index contributed by atoms with van der Waals surface area (Å²) in [6.45, 7) is 2.87. The molecule has 2 aliphatic heterocycles. The van der Waals surface area contributed by atoms with Gasteiger partial charge in [-0.2, -0.15) is 0 Å². The molecule has 2 aromatic heterocycles. The van der Waals surface area contributed by atoms with Crippen molar-refractivity contribution in [2.24, 2.45) is 0 Å². The highest BCUT2D eigenvalue weighted by atomic mass is 16.5. The van der Waals surface area contributed by atoms with E-state index >= 15 is 0 Å². The lowest BCUT2D eigenvalue weighted by molar-refractivity contribution is 0.105. The Morgan fingerprint density at radius 3 is 2.74 bits per heavy atom. The topological polar surface area (TPSA) is 51.4 Å². The van der Waals surface area contributed by atoms with Gasteiger partial charge < -0.3 is 14.1 Å². The first-order chi connectivity index (χ1) is 11.4. The zero-order valence-electron chi connectivity index (χ0n) is 13.0. The predicted molar refractivity (Wildman–Crippen MR) is 88.7 cm³/mol. The fourth-order valence-corrected chi connectivity index (χ4v) is 3.66.